The maximum absolute atomic E-state index is 10.5. The maximum Gasteiger partial charge on any atom is 0.311 e. The van der Waals surface area contributed by atoms with E-state index in [9.17, 15) is 10.1 Å². The van der Waals surface area contributed by atoms with Gasteiger partial charge in [0.2, 0.25) is 0 Å². The summed E-state index contributed by atoms with van der Waals surface area (Å²) in [7, 11) is 0. The minimum Gasteiger partial charge on any atom is -0.258 e. The number of hydrogen-bond donors (Lipinski definition) is 0. The van der Waals surface area contributed by atoms with E-state index < -0.39 is 4.92 Å². The van der Waals surface area contributed by atoms with Crippen LogP contribution in [0.3, 0.4) is 0 Å². The molecule has 5 nitrogen and oxygen atoms in total. The van der Waals surface area contributed by atoms with E-state index in [0.29, 0.717) is 12.2 Å². The Morgan fingerprint density at radius 2 is 2.54 bits per heavy atom. The molecule has 70 valence electrons. The van der Waals surface area contributed by atoms with Crippen LogP contribution in [-0.2, 0) is 12.4 Å². The molecule has 0 aliphatic rings. The fraction of sp³-hybridized carbons (Fsp3) is 0.286. The Bertz CT molecular complexity index is 334. The summed E-state index contributed by atoms with van der Waals surface area (Å²) in [4.78, 5) is 9.97. The highest BCUT2D eigenvalue weighted by Crippen LogP contribution is 2.19. The zero-order valence-corrected chi connectivity index (χ0v) is 7.57. The first-order chi connectivity index (χ1) is 6.20. The van der Waals surface area contributed by atoms with Crippen molar-refractivity contribution in [2.24, 2.45) is 0 Å². The van der Waals surface area contributed by atoms with Crippen molar-refractivity contribution in [2.75, 3.05) is 0 Å². The smallest absolute Gasteiger partial charge is 0.258 e. The molecular weight excluding hydrogens is 194 g/mol. The molecule has 1 heterocycles. The van der Waals surface area contributed by atoms with Crippen molar-refractivity contribution in [3.8, 4) is 0 Å². The first-order valence-electron chi connectivity index (χ1n) is 3.56. The number of nitrogens with zero attached hydrogens (tertiary/aromatic N) is 3. The normalized spacial score (nSPS) is 9.92. The van der Waals surface area contributed by atoms with E-state index in [1.165, 1.54) is 10.9 Å². The number of hydrogen-bond acceptors (Lipinski definition) is 3. The van der Waals surface area contributed by atoms with Gasteiger partial charge in [-0.1, -0.05) is 6.08 Å². The molecule has 0 aliphatic heterocycles. The monoisotopic (exact) mass is 201 g/mol. The third kappa shape index (κ3) is 1.86. The molecule has 0 saturated carbocycles. The summed E-state index contributed by atoms with van der Waals surface area (Å²) in [5.74, 6) is 0.0736. The van der Waals surface area contributed by atoms with Crippen molar-refractivity contribution < 1.29 is 4.92 Å². The van der Waals surface area contributed by atoms with Gasteiger partial charge in [0.15, 0.2) is 0 Å². The molecule has 0 saturated heterocycles. The molecule has 1 aromatic heterocycles. The zero-order valence-electron chi connectivity index (χ0n) is 6.81. The van der Waals surface area contributed by atoms with Crippen LogP contribution >= 0.6 is 11.6 Å². The molecule has 0 bridgehead atoms. The molecule has 0 aromatic carbocycles. The van der Waals surface area contributed by atoms with Gasteiger partial charge in [-0.05, 0) is 0 Å². The van der Waals surface area contributed by atoms with Crippen molar-refractivity contribution in [1.82, 2.24) is 9.78 Å². The lowest BCUT2D eigenvalue weighted by molar-refractivity contribution is -0.385. The average Bonchev–Trinajstić information content (AvgIpc) is 2.48. The third-order valence-corrected chi connectivity index (χ3v) is 1.81. The Kier molecular flexibility index (Phi) is 3.02. The lowest BCUT2D eigenvalue weighted by atomic mass is 10.4. The summed E-state index contributed by atoms with van der Waals surface area (Å²) in [5, 5.41) is 14.3. The quantitative estimate of drug-likeness (QED) is 0.323. The van der Waals surface area contributed by atoms with Gasteiger partial charge in [-0.3, -0.25) is 14.8 Å². The van der Waals surface area contributed by atoms with E-state index >= 15 is 0 Å². The number of halogens is 1. The molecule has 0 amide bonds. The Balaban J connectivity index is 3.09. The van der Waals surface area contributed by atoms with Gasteiger partial charge < -0.3 is 0 Å². The largest absolute Gasteiger partial charge is 0.311 e. The van der Waals surface area contributed by atoms with E-state index in [0.717, 1.165) is 0 Å². The molecule has 0 radical (unpaired) electrons. The molecule has 1 aromatic rings. The summed E-state index contributed by atoms with van der Waals surface area (Å²) in [6.45, 7) is 3.94. The van der Waals surface area contributed by atoms with Gasteiger partial charge in [-0.25, -0.2) is 0 Å². The van der Waals surface area contributed by atoms with Crippen molar-refractivity contribution in [3.63, 3.8) is 0 Å². The molecule has 13 heavy (non-hydrogen) atoms. The van der Waals surface area contributed by atoms with Gasteiger partial charge in [-0.2, -0.15) is 5.10 Å². The zero-order chi connectivity index (χ0) is 9.84. The Hall–Kier alpha value is -1.36. The van der Waals surface area contributed by atoms with Gasteiger partial charge in [0.25, 0.3) is 0 Å². The second-order valence-corrected chi connectivity index (χ2v) is 2.61. The van der Waals surface area contributed by atoms with E-state index in [4.69, 9.17) is 11.6 Å². The van der Waals surface area contributed by atoms with Crippen LogP contribution in [0.5, 0.6) is 0 Å². The predicted octanol–water partition coefficient (Wildman–Crippen LogP) is 1.72. The molecule has 0 atom stereocenters. The molecule has 0 spiro atoms. The average molecular weight is 202 g/mol. The Labute approximate surface area is 79.8 Å². The molecule has 0 fully saturated rings. The highest BCUT2D eigenvalue weighted by molar-refractivity contribution is 6.17. The molecular formula is C7H8ClN3O2. The highest BCUT2D eigenvalue weighted by Gasteiger charge is 2.18. The van der Waals surface area contributed by atoms with Crippen molar-refractivity contribution in [1.29, 1.82) is 0 Å². The Morgan fingerprint density at radius 3 is 3.00 bits per heavy atom. The molecule has 0 aliphatic carbocycles. The minimum absolute atomic E-state index is 0.0446. The van der Waals surface area contributed by atoms with Crippen LogP contribution in [0.1, 0.15) is 5.69 Å². The molecule has 1 rings (SSSR count). The number of nitro groups is 1. The third-order valence-electron chi connectivity index (χ3n) is 1.55. The predicted molar refractivity (Wildman–Crippen MR) is 48.6 cm³/mol. The fourth-order valence-electron chi connectivity index (χ4n) is 0.970. The minimum atomic E-state index is -0.496. The SMILES string of the molecule is C=CCn1ncc([N+](=O)[O-])c1CCl. The Morgan fingerprint density at radius 1 is 1.85 bits per heavy atom. The van der Waals surface area contributed by atoms with E-state index in [2.05, 4.69) is 11.7 Å². The van der Waals surface area contributed by atoms with Crippen LogP contribution in [-0.4, -0.2) is 14.7 Å². The standard InChI is InChI=1S/C7H8ClN3O2/c1-2-3-10-6(4-8)7(5-9-10)11(12)13/h2,5H,1,3-4H2. The van der Waals surface area contributed by atoms with Gasteiger partial charge in [-0.15, -0.1) is 18.2 Å². The summed E-state index contributed by atoms with van der Waals surface area (Å²) >= 11 is 5.56. The van der Waals surface area contributed by atoms with Crippen molar-refractivity contribution in [3.05, 3.63) is 34.7 Å². The lowest BCUT2D eigenvalue weighted by Gasteiger charge is -1.98. The number of rotatable bonds is 4. The topological polar surface area (TPSA) is 61.0 Å². The van der Waals surface area contributed by atoms with Crippen molar-refractivity contribution in [2.45, 2.75) is 12.4 Å². The summed E-state index contributed by atoms with van der Waals surface area (Å²) < 4.78 is 1.46. The van der Waals surface area contributed by atoms with Crippen LogP contribution in [0.15, 0.2) is 18.9 Å². The van der Waals surface area contributed by atoms with Crippen molar-refractivity contribution >= 4 is 17.3 Å². The summed E-state index contributed by atoms with van der Waals surface area (Å²) in [5.41, 5.74) is 0.364. The first-order valence-corrected chi connectivity index (χ1v) is 4.10. The van der Waals surface area contributed by atoms with Gasteiger partial charge in [0, 0.05) is 0 Å². The molecule has 0 N–H and O–H groups in total. The fourth-order valence-corrected chi connectivity index (χ4v) is 1.25. The van der Waals surface area contributed by atoms with Crippen LogP contribution in [0.2, 0.25) is 0 Å². The van der Waals surface area contributed by atoms with Crippen LogP contribution in [0, 0.1) is 10.1 Å². The number of allylic oxidation sites excluding steroid dienone is 1. The second kappa shape index (κ2) is 4.04. The van der Waals surface area contributed by atoms with Crippen LogP contribution in [0.25, 0.3) is 0 Å². The van der Waals surface area contributed by atoms with Crippen LogP contribution < -0.4 is 0 Å². The molecule has 0 unspecified atom stereocenters. The van der Waals surface area contributed by atoms with E-state index in [-0.39, 0.29) is 11.6 Å². The van der Waals surface area contributed by atoms with Crippen LogP contribution in [0.4, 0.5) is 5.69 Å². The van der Waals surface area contributed by atoms with Gasteiger partial charge in [0.05, 0.1) is 17.3 Å². The van der Waals surface area contributed by atoms with E-state index in [1.807, 2.05) is 0 Å². The second-order valence-electron chi connectivity index (χ2n) is 2.34. The first kappa shape index (κ1) is 9.73. The summed E-state index contributed by atoms with van der Waals surface area (Å²) in [6, 6.07) is 0. The van der Waals surface area contributed by atoms with E-state index in [1.54, 1.807) is 6.08 Å². The highest BCUT2D eigenvalue weighted by atomic mass is 35.5. The number of alkyl halides is 1. The van der Waals surface area contributed by atoms with Gasteiger partial charge in [0.1, 0.15) is 11.9 Å². The lowest BCUT2D eigenvalue weighted by Crippen LogP contribution is -2.02. The summed E-state index contributed by atoms with van der Waals surface area (Å²) in [6.07, 6.45) is 2.80. The van der Waals surface area contributed by atoms with Gasteiger partial charge >= 0.3 is 5.69 Å². The maximum atomic E-state index is 10.5. The number of aromatic nitrogens is 2. The molecule has 6 heteroatoms.